The highest BCUT2D eigenvalue weighted by molar-refractivity contribution is 5.93. The summed E-state index contributed by atoms with van der Waals surface area (Å²) in [5.41, 5.74) is 4.20. The number of fused-ring (bicyclic) bond motifs is 1. The van der Waals surface area contributed by atoms with E-state index in [4.69, 9.17) is 10.00 Å². The average molecular weight is 409 g/mol. The third kappa shape index (κ3) is 4.34. The monoisotopic (exact) mass is 409 g/mol. The molecule has 4 rings (SSSR count). The lowest BCUT2D eigenvalue weighted by Crippen LogP contribution is -2.24. The maximum Gasteiger partial charge on any atom is 0.348 e. The molecule has 1 heterocycles. The molecule has 0 aliphatic carbocycles. The molecule has 5 heteroatoms. The number of hydrogen-bond donors (Lipinski definition) is 0. The molecule has 0 unspecified atom stereocenters. The predicted octanol–water partition coefficient (Wildman–Crippen LogP) is 5.14. The summed E-state index contributed by atoms with van der Waals surface area (Å²) in [5, 5.41) is 9.66. The Labute approximate surface area is 181 Å². The van der Waals surface area contributed by atoms with Crippen LogP contribution in [-0.2, 0) is 6.54 Å². The highest BCUT2D eigenvalue weighted by Crippen LogP contribution is 2.30. The molecule has 1 aromatic heterocycles. The Hall–Kier alpha value is -3.91. The molecule has 0 amide bonds. The molecular formula is C26H23N3O2. The number of rotatable bonds is 6. The van der Waals surface area contributed by atoms with Gasteiger partial charge in [-0.15, -0.1) is 0 Å². The van der Waals surface area contributed by atoms with Crippen molar-refractivity contribution in [3.63, 3.8) is 0 Å². The molecule has 4 aromatic rings. The van der Waals surface area contributed by atoms with Crippen LogP contribution in [0.3, 0.4) is 0 Å². The van der Waals surface area contributed by atoms with E-state index < -0.39 is 0 Å². The SMILES string of the molecule is CC(C)c1ccc(-c2nc(=O)n(Cc3ccccc3)c3ccc(OCC#N)cc23)cc1. The zero-order chi connectivity index (χ0) is 21.8. The number of aromatic nitrogens is 2. The van der Waals surface area contributed by atoms with Gasteiger partial charge in [0.1, 0.15) is 11.8 Å². The maximum atomic E-state index is 13.0. The Kier molecular flexibility index (Phi) is 5.81. The maximum absolute atomic E-state index is 13.0. The summed E-state index contributed by atoms with van der Waals surface area (Å²) < 4.78 is 7.19. The number of nitriles is 1. The van der Waals surface area contributed by atoms with Crippen molar-refractivity contribution in [1.29, 1.82) is 5.26 Å². The first kappa shape index (κ1) is 20.4. The van der Waals surface area contributed by atoms with Crippen molar-refractivity contribution in [1.82, 2.24) is 9.55 Å². The summed E-state index contributed by atoms with van der Waals surface area (Å²) in [6.45, 7) is 4.67. The van der Waals surface area contributed by atoms with E-state index in [2.05, 4.69) is 31.0 Å². The summed E-state index contributed by atoms with van der Waals surface area (Å²) in [4.78, 5) is 17.5. The second-order valence-corrected chi connectivity index (χ2v) is 7.72. The van der Waals surface area contributed by atoms with Gasteiger partial charge in [0.05, 0.1) is 17.8 Å². The minimum atomic E-state index is -0.301. The van der Waals surface area contributed by atoms with Crippen LogP contribution in [0, 0.1) is 11.3 Å². The number of ether oxygens (including phenoxy) is 1. The molecule has 3 aromatic carbocycles. The fourth-order valence-electron chi connectivity index (χ4n) is 3.63. The van der Waals surface area contributed by atoms with Crippen LogP contribution < -0.4 is 10.4 Å². The summed E-state index contributed by atoms with van der Waals surface area (Å²) in [6, 6.07) is 25.5. The minimum Gasteiger partial charge on any atom is -0.479 e. The summed E-state index contributed by atoms with van der Waals surface area (Å²) in [6.07, 6.45) is 0. The summed E-state index contributed by atoms with van der Waals surface area (Å²) >= 11 is 0. The van der Waals surface area contributed by atoms with Gasteiger partial charge >= 0.3 is 5.69 Å². The molecule has 31 heavy (non-hydrogen) atoms. The second-order valence-electron chi connectivity index (χ2n) is 7.72. The van der Waals surface area contributed by atoms with E-state index in [0.717, 1.165) is 22.0 Å². The fraction of sp³-hybridized carbons (Fsp3) is 0.192. The third-order valence-corrected chi connectivity index (χ3v) is 5.29. The van der Waals surface area contributed by atoms with E-state index in [1.165, 1.54) is 5.56 Å². The normalized spacial score (nSPS) is 10.9. The minimum absolute atomic E-state index is 0.0407. The van der Waals surface area contributed by atoms with Gasteiger partial charge in [0, 0.05) is 10.9 Å². The van der Waals surface area contributed by atoms with Gasteiger partial charge in [0.15, 0.2) is 6.61 Å². The molecule has 0 fully saturated rings. The van der Waals surface area contributed by atoms with Crippen molar-refractivity contribution >= 4 is 10.9 Å². The topological polar surface area (TPSA) is 67.9 Å². The highest BCUT2D eigenvalue weighted by Gasteiger charge is 2.14. The highest BCUT2D eigenvalue weighted by atomic mass is 16.5. The second kappa shape index (κ2) is 8.85. The van der Waals surface area contributed by atoms with Crippen molar-refractivity contribution in [3.8, 4) is 23.1 Å². The number of nitrogens with zero attached hydrogens (tertiary/aromatic N) is 3. The quantitative estimate of drug-likeness (QED) is 0.442. The number of hydrogen-bond acceptors (Lipinski definition) is 4. The first-order valence-corrected chi connectivity index (χ1v) is 10.3. The Morgan fingerprint density at radius 2 is 1.77 bits per heavy atom. The van der Waals surface area contributed by atoms with Crippen molar-refractivity contribution in [2.45, 2.75) is 26.3 Å². The van der Waals surface area contributed by atoms with Gasteiger partial charge in [-0.1, -0.05) is 68.4 Å². The average Bonchev–Trinajstić information content (AvgIpc) is 2.80. The van der Waals surface area contributed by atoms with Crippen LogP contribution in [0.5, 0.6) is 5.75 Å². The van der Waals surface area contributed by atoms with Crippen LogP contribution in [0.1, 0.15) is 30.9 Å². The zero-order valence-electron chi connectivity index (χ0n) is 17.6. The molecular weight excluding hydrogens is 386 g/mol. The molecule has 0 saturated carbocycles. The van der Waals surface area contributed by atoms with Crippen LogP contribution >= 0.6 is 0 Å². The first-order chi connectivity index (χ1) is 15.1. The van der Waals surface area contributed by atoms with Gasteiger partial charge < -0.3 is 4.74 Å². The molecule has 5 nitrogen and oxygen atoms in total. The Morgan fingerprint density at radius 1 is 1.03 bits per heavy atom. The molecule has 0 atom stereocenters. The summed E-state index contributed by atoms with van der Waals surface area (Å²) in [5.74, 6) is 0.990. The molecule has 0 aliphatic heterocycles. The smallest absolute Gasteiger partial charge is 0.348 e. The molecule has 0 bridgehead atoms. The largest absolute Gasteiger partial charge is 0.479 e. The molecule has 0 aliphatic rings. The molecule has 0 N–H and O–H groups in total. The van der Waals surface area contributed by atoms with Crippen molar-refractivity contribution < 1.29 is 4.74 Å². The third-order valence-electron chi connectivity index (χ3n) is 5.29. The van der Waals surface area contributed by atoms with E-state index in [0.29, 0.717) is 23.9 Å². The van der Waals surface area contributed by atoms with Gasteiger partial charge in [-0.3, -0.25) is 4.57 Å². The Morgan fingerprint density at radius 3 is 2.45 bits per heavy atom. The van der Waals surface area contributed by atoms with E-state index in [1.807, 2.05) is 60.7 Å². The first-order valence-electron chi connectivity index (χ1n) is 10.3. The van der Waals surface area contributed by atoms with E-state index in [1.54, 1.807) is 10.6 Å². The molecule has 0 spiro atoms. The van der Waals surface area contributed by atoms with Crippen LogP contribution in [0.4, 0.5) is 0 Å². The number of benzene rings is 3. The lowest BCUT2D eigenvalue weighted by Gasteiger charge is -2.15. The van der Waals surface area contributed by atoms with Crippen molar-refractivity contribution in [2.75, 3.05) is 6.61 Å². The lowest BCUT2D eigenvalue weighted by atomic mass is 9.99. The fourth-order valence-corrected chi connectivity index (χ4v) is 3.63. The van der Waals surface area contributed by atoms with Crippen LogP contribution in [0.15, 0.2) is 77.6 Å². The zero-order valence-corrected chi connectivity index (χ0v) is 17.6. The van der Waals surface area contributed by atoms with Crippen molar-refractivity contribution in [2.24, 2.45) is 0 Å². The van der Waals surface area contributed by atoms with Crippen LogP contribution in [-0.4, -0.2) is 16.2 Å². The van der Waals surface area contributed by atoms with E-state index in [9.17, 15) is 4.79 Å². The van der Waals surface area contributed by atoms with Crippen molar-refractivity contribution in [3.05, 3.63) is 94.4 Å². The standard InChI is InChI=1S/C26H23N3O2/c1-18(2)20-8-10-21(11-9-20)25-23-16-22(31-15-14-27)12-13-24(23)29(26(30)28-25)17-19-6-4-3-5-7-19/h3-13,16,18H,15,17H2,1-2H3. The van der Waals surface area contributed by atoms with Gasteiger partial charge in [-0.25, -0.2) is 4.79 Å². The molecule has 0 saturated heterocycles. The van der Waals surface area contributed by atoms with Gasteiger partial charge in [0.2, 0.25) is 0 Å². The lowest BCUT2D eigenvalue weighted by molar-refractivity contribution is 0.368. The molecule has 154 valence electrons. The van der Waals surface area contributed by atoms with Gasteiger partial charge in [0.25, 0.3) is 0 Å². The van der Waals surface area contributed by atoms with Crippen LogP contribution in [0.25, 0.3) is 22.2 Å². The molecule has 0 radical (unpaired) electrons. The Bertz CT molecular complexity index is 1300. The van der Waals surface area contributed by atoms with Gasteiger partial charge in [-0.2, -0.15) is 10.2 Å². The van der Waals surface area contributed by atoms with E-state index >= 15 is 0 Å². The summed E-state index contributed by atoms with van der Waals surface area (Å²) in [7, 11) is 0. The van der Waals surface area contributed by atoms with Gasteiger partial charge in [-0.05, 0) is 35.2 Å². The van der Waals surface area contributed by atoms with E-state index in [-0.39, 0.29) is 12.3 Å². The Balaban J connectivity index is 1.89. The van der Waals surface area contributed by atoms with Crippen LogP contribution in [0.2, 0.25) is 0 Å². The predicted molar refractivity (Wildman–Crippen MR) is 122 cm³/mol.